The standard InChI is InChI=1S/C12H17NO4S/c1-9-6-10(2)8-11(7-9)18(16,17)13(3)5-4-12(14)15/h6-8H,4-5H2,1-3H3,(H,14,15). The Morgan fingerprint density at radius 3 is 2.17 bits per heavy atom. The molecule has 0 atom stereocenters. The summed E-state index contributed by atoms with van der Waals surface area (Å²) in [6, 6.07) is 5.05. The summed E-state index contributed by atoms with van der Waals surface area (Å²) in [6.45, 7) is 3.61. The Bertz CT molecular complexity index is 531. The number of nitrogens with zero attached hydrogens (tertiary/aromatic N) is 1. The van der Waals surface area contributed by atoms with Gasteiger partial charge in [0.1, 0.15) is 0 Å². The van der Waals surface area contributed by atoms with E-state index in [0.29, 0.717) is 0 Å². The van der Waals surface area contributed by atoms with E-state index in [4.69, 9.17) is 5.11 Å². The number of hydrogen-bond donors (Lipinski definition) is 1. The Labute approximate surface area is 107 Å². The Balaban J connectivity index is 3.01. The van der Waals surface area contributed by atoms with Crippen molar-refractivity contribution in [1.29, 1.82) is 0 Å². The fourth-order valence-electron chi connectivity index (χ4n) is 1.64. The number of aryl methyl sites for hydroxylation is 2. The molecular formula is C12H17NO4S. The van der Waals surface area contributed by atoms with Gasteiger partial charge in [-0.05, 0) is 37.1 Å². The zero-order valence-electron chi connectivity index (χ0n) is 10.7. The van der Waals surface area contributed by atoms with Gasteiger partial charge in [0, 0.05) is 13.6 Å². The van der Waals surface area contributed by atoms with Gasteiger partial charge in [0.25, 0.3) is 0 Å². The van der Waals surface area contributed by atoms with E-state index in [9.17, 15) is 13.2 Å². The van der Waals surface area contributed by atoms with Crippen molar-refractivity contribution in [3.05, 3.63) is 29.3 Å². The maximum absolute atomic E-state index is 12.2. The minimum absolute atomic E-state index is 0.0370. The zero-order chi connectivity index (χ0) is 13.9. The maximum atomic E-state index is 12.2. The summed E-state index contributed by atoms with van der Waals surface area (Å²) in [5, 5.41) is 8.57. The zero-order valence-corrected chi connectivity index (χ0v) is 11.5. The van der Waals surface area contributed by atoms with E-state index < -0.39 is 16.0 Å². The third-order valence-corrected chi connectivity index (χ3v) is 4.38. The van der Waals surface area contributed by atoms with E-state index in [2.05, 4.69) is 0 Å². The maximum Gasteiger partial charge on any atom is 0.304 e. The number of carboxylic acids is 1. The van der Waals surface area contributed by atoms with Crippen molar-refractivity contribution in [2.75, 3.05) is 13.6 Å². The van der Waals surface area contributed by atoms with Crippen molar-refractivity contribution in [3.8, 4) is 0 Å². The van der Waals surface area contributed by atoms with Crippen LogP contribution in [0.3, 0.4) is 0 Å². The number of rotatable bonds is 5. The monoisotopic (exact) mass is 271 g/mol. The van der Waals surface area contributed by atoms with Gasteiger partial charge in [-0.1, -0.05) is 6.07 Å². The van der Waals surface area contributed by atoms with Crippen molar-refractivity contribution in [2.24, 2.45) is 0 Å². The summed E-state index contributed by atoms with van der Waals surface area (Å²) in [5.41, 5.74) is 1.72. The molecule has 0 unspecified atom stereocenters. The summed E-state index contributed by atoms with van der Waals surface area (Å²) in [7, 11) is -2.22. The van der Waals surface area contributed by atoms with E-state index in [1.54, 1.807) is 12.1 Å². The number of carbonyl (C=O) groups is 1. The molecule has 1 aromatic carbocycles. The summed E-state index contributed by atoms with van der Waals surface area (Å²) in [6.07, 6.45) is -0.208. The Morgan fingerprint density at radius 1 is 1.22 bits per heavy atom. The van der Waals surface area contributed by atoms with Gasteiger partial charge in [0.05, 0.1) is 11.3 Å². The molecule has 5 nitrogen and oxygen atoms in total. The molecule has 1 N–H and O–H groups in total. The van der Waals surface area contributed by atoms with Crippen LogP contribution in [0.5, 0.6) is 0 Å². The summed E-state index contributed by atoms with van der Waals surface area (Å²) >= 11 is 0. The van der Waals surface area contributed by atoms with Gasteiger partial charge in [0.15, 0.2) is 0 Å². The predicted molar refractivity (Wildman–Crippen MR) is 68.0 cm³/mol. The van der Waals surface area contributed by atoms with Crippen LogP contribution in [-0.2, 0) is 14.8 Å². The molecule has 0 amide bonds. The Hall–Kier alpha value is -1.40. The first-order chi connectivity index (χ1) is 8.23. The molecule has 1 rings (SSSR count). The summed E-state index contributed by atoms with van der Waals surface area (Å²) in [4.78, 5) is 10.7. The number of hydrogen-bond acceptors (Lipinski definition) is 3. The van der Waals surface area contributed by atoms with Gasteiger partial charge in [-0.15, -0.1) is 0 Å². The highest BCUT2D eigenvalue weighted by atomic mass is 32.2. The van der Waals surface area contributed by atoms with E-state index in [1.165, 1.54) is 7.05 Å². The number of benzene rings is 1. The van der Waals surface area contributed by atoms with Crippen molar-refractivity contribution in [1.82, 2.24) is 4.31 Å². The fourth-order valence-corrected chi connectivity index (χ4v) is 3.00. The number of sulfonamides is 1. The normalized spacial score (nSPS) is 11.8. The molecule has 1 aromatic rings. The molecule has 18 heavy (non-hydrogen) atoms. The highest BCUT2D eigenvalue weighted by Crippen LogP contribution is 2.18. The average molecular weight is 271 g/mol. The van der Waals surface area contributed by atoms with Crippen molar-refractivity contribution in [2.45, 2.75) is 25.2 Å². The average Bonchev–Trinajstić information content (AvgIpc) is 2.24. The van der Waals surface area contributed by atoms with E-state index in [-0.39, 0.29) is 17.9 Å². The van der Waals surface area contributed by atoms with Gasteiger partial charge in [-0.25, -0.2) is 12.7 Å². The predicted octanol–water partition coefficient (Wildman–Crippen LogP) is 1.40. The van der Waals surface area contributed by atoms with Gasteiger partial charge in [-0.3, -0.25) is 4.79 Å². The first-order valence-electron chi connectivity index (χ1n) is 5.50. The first kappa shape index (κ1) is 14.7. The highest BCUT2D eigenvalue weighted by molar-refractivity contribution is 7.89. The molecule has 0 fully saturated rings. The van der Waals surface area contributed by atoms with Gasteiger partial charge in [0.2, 0.25) is 10.0 Å². The molecule has 0 aliphatic rings. The lowest BCUT2D eigenvalue weighted by atomic mass is 10.2. The topological polar surface area (TPSA) is 74.7 Å². The lowest BCUT2D eigenvalue weighted by Gasteiger charge is -2.17. The third-order valence-electron chi connectivity index (χ3n) is 2.54. The van der Waals surface area contributed by atoms with E-state index in [0.717, 1.165) is 15.4 Å². The van der Waals surface area contributed by atoms with Crippen LogP contribution in [0.2, 0.25) is 0 Å². The third kappa shape index (κ3) is 3.54. The molecule has 0 aliphatic heterocycles. The minimum Gasteiger partial charge on any atom is -0.481 e. The van der Waals surface area contributed by atoms with Crippen molar-refractivity contribution >= 4 is 16.0 Å². The lowest BCUT2D eigenvalue weighted by Crippen LogP contribution is -2.29. The van der Waals surface area contributed by atoms with Gasteiger partial charge < -0.3 is 5.11 Å². The highest BCUT2D eigenvalue weighted by Gasteiger charge is 2.21. The van der Waals surface area contributed by atoms with Gasteiger partial charge >= 0.3 is 5.97 Å². The molecule has 0 bridgehead atoms. The minimum atomic E-state index is -3.61. The molecule has 0 aromatic heterocycles. The Kier molecular flexibility index (Phi) is 4.48. The van der Waals surface area contributed by atoms with Crippen LogP contribution in [0.15, 0.2) is 23.1 Å². The quantitative estimate of drug-likeness (QED) is 0.878. The van der Waals surface area contributed by atoms with Crippen molar-refractivity contribution < 1.29 is 18.3 Å². The van der Waals surface area contributed by atoms with Crippen LogP contribution in [0.25, 0.3) is 0 Å². The molecule has 0 saturated heterocycles. The van der Waals surface area contributed by atoms with Crippen LogP contribution >= 0.6 is 0 Å². The van der Waals surface area contributed by atoms with Crippen LogP contribution in [0.4, 0.5) is 0 Å². The smallest absolute Gasteiger partial charge is 0.304 e. The van der Waals surface area contributed by atoms with Crippen LogP contribution in [-0.4, -0.2) is 37.4 Å². The molecule has 0 saturated carbocycles. The molecular weight excluding hydrogens is 254 g/mol. The number of carboxylic acid groups (broad SMARTS) is 1. The summed E-state index contributed by atoms with van der Waals surface area (Å²) < 4.78 is 25.4. The molecule has 0 aliphatic carbocycles. The Morgan fingerprint density at radius 2 is 1.72 bits per heavy atom. The van der Waals surface area contributed by atoms with Gasteiger partial charge in [-0.2, -0.15) is 0 Å². The fraction of sp³-hybridized carbons (Fsp3) is 0.417. The largest absolute Gasteiger partial charge is 0.481 e. The van der Waals surface area contributed by atoms with E-state index in [1.807, 2.05) is 19.9 Å². The second-order valence-electron chi connectivity index (χ2n) is 4.29. The molecule has 0 radical (unpaired) electrons. The molecule has 0 heterocycles. The molecule has 100 valence electrons. The molecule has 0 spiro atoms. The molecule has 6 heteroatoms. The second-order valence-corrected chi connectivity index (χ2v) is 6.34. The van der Waals surface area contributed by atoms with Crippen LogP contribution in [0.1, 0.15) is 17.5 Å². The van der Waals surface area contributed by atoms with E-state index >= 15 is 0 Å². The second kappa shape index (κ2) is 5.49. The van der Waals surface area contributed by atoms with Crippen molar-refractivity contribution in [3.63, 3.8) is 0 Å². The number of aliphatic carboxylic acids is 1. The SMILES string of the molecule is Cc1cc(C)cc(S(=O)(=O)N(C)CCC(=O)O)c1. The van der Waals surface area contributed by atoms with Crippen LogP contribution < -0.4 is 0 Å². The lowest BCUT2D eigenvalue weighted by molar-refractivity contribution is -0.137. The summed E-state index contributed by atoms with van der Waals surface area (Å²) in [5.74, 6) is -1.02. The first-order valence-corrected chi connectivity index (χ1v) is 6.94. The van der Waals surface area contributed by atoms with Crippen LogP contribution in [0, 0.1) is 13.8 Å².